The molecule has 1 aromatic rings. The van der Waals surface area contributed by atoms with E-state index in [9.17, 15) is 4.79 Å². The third kappa shape index (κ3) is 3.64. The molecule has 1 atom stereocenters. The van der Waals surface area contributed by atoms with Gasteiger partial charge in [-0.1, -0.05) is 13.8 Å². The molecule has 1 amide bonds. The Labute approximate surface area is 126 Å². The molecule has 0 spiro atoms. The summed E-state index contributed by atoms with van der Waals surface area (Å²) in [7, 11) is 0. The molecule has 118 valence electrons. The standard InChI is InChI=1S/C16H27N3O2/c1-4-19-15(10-14(17-19)12(2)3)16(21)18-8-5-6-13(11-18)7-9-20/h10,12-13,20H,4-9,11H2,1-3H3. The van der Waals surface area contributed by atoms with Gasteiger partial charge in [-0.15, -0.1) is 0 Å². The van der Waals surface area contributed by atoms with Crippen LogP contribution in [0.4, 0.5) is 0 Å². The highest BCUT2D eigenvalue weighted by Gasteiger charge is 2.26. The van der Waals surface area contributed by atoms with Crippen molar-refractivity contribution >= 4 is 5.91 Å². The minimum absolute atomic E-state index is 0.0823. The quantitative estimate of drug-likeness (QED) is 0.906. The fourth-order valence-electron chi connectivity index (χ4n) is 2.96. The minimum Gasteiger partial charge on any atom is -0.396 e. The number of rotatable bonds is 5. The monoisotopic (exact) mass is 293 g/mol. The molecule has 0 aliphatic carbocycles. The molecule has 1 fully saturated rings. The minimum atomic E-state index is 0.0823. The van der Waals surface area contributed by atoms with Crippen molar-refractivity contribution in [3.8, 4) is 0 Å². The molecule has 5 nitrogen and oxygen atoms in total. The lowest BCUT2D eigenvalue weighted by Gasteiger charge is -2.32. The lowest BCUT2D eigenvalue weighted by atomic mass is 9.95. The van der Waals surface area contributed by atoms with Gasteiger partial charge in [-0.3, -0.25) is 9.48 Å². The number of aliphatic hydroxyl groups is 1. The van der Waals surface area contributed by atoms with Crippen molar-refractivity contribution in [1.29, 1.82) is 0 Å². The molecule has 2 rings (SSSR count). The molecule has 1 unspecified atom stereocenters. The van der Waals surface area contributed by atoms with Crippen molar-refractivity contribution in [2.75, 3.05) is 19.7 Å². The van der Waals surface area contributed by atoms with Gasteiger partial charge in [-0.25, -0.2) is 0 Å². The largest absolute Gasteiger partial charge is 0.396 e. The van der Waals surface area contributed by atoms with Crippen LogP contribution in [0.5, 0.6) is 0 Å². The maximum atomic E-state index is 12.8. The molecule has 0 bridgehead atoms. The van der Waals surface area contributed by atoms with Gasteiger partial charge in [0.2, 0.25) is 0 Å². The molecule has 1 saturated heterocycles. The van der Waals surface area contributed by atoms with Crippen LogP contribution in [0.25, 0.3) is 0 Å². The number of amides is 1. The number of aryl methyl sites for hydroxylation is 1. The van der Waals surface area contributed by atoms with Crippen molar-refractivity contribution in [3.05, 3.63) is 17.5 Å². The first-order chi connectivity index (χ1) is 10.1. The van der Waals surface area contributed by atoms with E-state index in [0.717, 1.165) is 38.0 Å². The summed E-state index contributed by atoms with van der Waals surface area (Å²) in [6.07, 6.45) is 2.91. The third-order valence-corrected chi connectivity index (χ3v) is 4.25. The van der Waals surface area contributed by atoms with Crippen molar-refractivity contribution in [2.45, 2.75) is 52.5 Å². The number of carbonyl (C=O) groups is 1. The zero-order valence-corrected chi connectivity index (χ0v) is 13.4. The van der Waals surface area contributed by atoms with E-state index >= 15 is 0 Å². The Kier molecular flexibility index (Phi) is 5.39. The number of carbonyl (C=O) groups excluding carboxylic acids is 1. The van der Waals surface area contributed by atoms with Crippen molar-refractivity contribution in [2.24, 2.45) is 5.92 Å². The molecule has 0 aromatic carbocycles. The number of hydrogen-bond acceptors (Lipinski definition) is 3. The first-order valence-corrected chi connectivity index (χ1v) is 8.04. The summed E-state index contributed by atoms with van der Waals surface area (Å²) in [6, 6.07) is 1.94. The van der Waals surface area contributed by atoms with Crippen molar-refractivity contribution < 1.29 is 9.90 Å². The summed E-state index contributed by atoms with van der Waals surface area (Å²) in [5.74, 6) is 0.835. The van der Waals surface area contributed by atoms with Crippen LogP contribution in [0, 0.1) is 5.92 Å². The van der Waals surface area contributed by atoms with Gasteiger partial charge in [0.15, 0.2) is 0 Å². The van der Waals surface area contributed by atoms with E-state index in [1.165, 1.54) is 0 Å². The van der Waals surface area contributed by atoms with Crippen LogP contribution in [-0.2, 0) is 6.54 Å². The van der Waals surface area contributed by atoms with Crippen LogP contribution in [0.15, 0.2) is 6.07 Å². The average Bonchev–Trinajstić information content (AvgIpc) is 2.91. The van der Waals surface area contributed by atoms with Crippen LogP contribution in [-0.4, -0.2) is 45.4 Å². The third-order valence-electron chi connectivity index (χ3n) is 4.25. The zero-order valence-electron chi connectivity index (χ0n) is 13.4. The van der Waals surface area contributed by atoms with E-state index < -0.39 is 0 Å². The molecule has 5 heteroatoms. The molecule has 1 aliphatic heterocycles. The fraction of sp³-hybridized carbons (Fsp3) is 0.750. The second-order valence-corrected chi connectivity index (χ2v) is 6.20. The van der Waals surface area contributed by atoms with E-state index in [-0.39, 0.29) is 12.5 Å². The second kappa shape index (κ2) is 7.07. The Morgan fingerprint density at radius 3 is 2.90 bits per heavy atom. The Bertz CT molecular complexity index is 480. The van der Waals surface area contributed by atoms with E-state index in [1.807, 2.05) is 22.6 Å². The summed E-state index contributed by atoms with van der Waals surface area (Å²) in [4.78, 5) is 14.7. The number of likely N-dealkylation sites (tertiary alicyclic amines) is 1. The molecule has 1 aliphatic rings. The Hall–Kier alpha value is -1.36. The maximum Gasteiger partial charge on any atom is 0.272 e. The van der Waals surface area contributed by atoms with E-state index in [4.69, 9.17) is 5.11 Å². The van der Waals surface area contributed by atoms with Crippen molar-refractivity contribution in [1.82, 2.24) is 14.7 Å². The summed E-state index contributed by atoms with van der Waals surface area (Å²) in [6.45, 7) is 8.68. The predicted octanol–water partition coefficient (Wildman–Crippen LogP) is 2.26. The van der Waals surface area contributed by atoms with Gasteiger partial charge in [0.25, 0.3) is 5.91 Å². The van der Waals surface area contributed by atoms with Crippen LogP contribution in [0.1, 0.15) is 62.1 Å². The van der Waals surface area contributed by atoms with Crippen molar-refractivity contribution in [3.63, 3.8) is 0 Å². The maximum absolute atomic E-state index is 12.8. The summed E-state index contributed by atoms with van der Waals surface area (Å²) in [5.41, 5.74) is 1.68. The van der Waals surface area contributed by atoms with E-state index in [1.54, 1.807) is 0 Å². The van der Waals surface area contributed by atoms with Crippen LogP contribution >= 0.6 is 0 Å². The Morgan fingerprint density at radius 1 is 1.52 bits per heavy atom. The smallest absolute Gasteiger partial charge is 0.272 e. The van der Waals surface area contributed by atoms with Gasteiger partial charge < -0.3 is 10.0 Å². The zero-order chi connectivity index (χ0) is 15.4. The summed E-state index contributed by atoms with van der Waals surface area (Å²) < 4.78 is 1.81. The molecule has 0 radical (unpaired) electrons. The number of piperidine rings is 1. The molecule has 0 saturated carbocycles. The SMILES string of the molecule is CCn1nc(C(C)C)cc1C(=O)N1CCCC(CCO)C1. The number of nitrogens with zero attached hydrogens (tertiary/aromatic N) is 3. The topological polar surface area (TPSA) is 58.4 Å². The lowest BCUT2D eigenvalue weighted by molar-refractivity contribution is 0.0641. The summed E-state index contributed by atoms with van der Waals surface area (Å²) >= 11 is 0. The summed E-state index contributed by atoms with van der Waals surface area (Å²) in [5, 5.41) is 13.6. The highest BCUT2D eigenvalue weighted by Crippen LogP contribution is 2.22. The highest BCUT2D eigenvalue weighted by molar-refractivity contribution is 5.92. The van der Waals surface area contributed by atoms with Gasteiger partial charge in [-0.2, -0.15) is 5.10 Å². The van der Waals surface area contributed by atoms with E-state index in [2.05, 4.69) is 18.9 Å². The average molecular weight is 293 g/mol. The van der Waals surface area contributed by atoms with Crippen LogP contribution in [0.3, 0.4) is 0 Å². The number of aromatic nitrogens is 2. The molecular formula is C16H27N3O2. The predicted molar refractivity (Wildman–Crippen MR) is 82.3 cm³/mol. The molecule has 1 N–H and O–H groups in total. The highest BCUT2D eigenvalue weighted by atomic mass is 16.3. The Morgan fingerprint density at radius 2 is 2.29 bits per heavy atom. The first kappa shape index (κ1) is 16.0. The lowest BCUT2D eigenvalue weighted by Crippen LogP contribution is -2.41. The van der Waals surface area contributed by atoms with Gasteiger partial charge >= 0.3 is 0 Å². The number of aliphatic hydroxyl groups excluding tert-OH is 1. The molecule has 21 heavy (non-hydrogen) atoms. The molecule has 1 aromatic heterocycles. The first-order valence-electron chi connectivity index (χ1n) is 8.04. The normalized spacial score (nSPS) is 19.3. The molecular weight excluding hydrogens is 266 g/mol. The van der Waals surface area contributed by atoms with Gasteiger partial charge in [0.1, 0.15) is 5.69 Å². The van der Waals surface area contributed by atoms with E-state index in [0.29, 0.717) is 24.1 Å². The van der Waals surface area contributed by atoms with Gasteiger partial charge in [0.05, 0.1) is 5.69 Å². The fourth-order valence-corrected chi connectivity index (χ4v) is 2.96. The van der Waals surface area contributed by atoms with Gasteiger partial charge in [-0.05, 0) is 44.1 Å². The molecule has 2 heterocycles. The van der Waals surface area contributed by atoms with Crippen LogP contribution < -0.4 is 0 Å². The van der Waals surface area contributed by atoms with Crippen LogP contribution in [0.2, 0.25) is 0 Å². The Balaban J connectivity index is 2.15. The van der Waals surface area contributed by atoms with Gasteiger partial charge in [0, 0.05) is 26.2 Å². The number of hydrogen-bond donors (Lipinski definition) is 1. The second-order valence-electron chi connectivity index (χ2n) is 6.20.